The minimum absolute atomic E-state index is 0.102. The molecule has 0 saturated heterocycles. The van der Waals surface area contributed by atoms with Crippen molar-refractivity contribution in [1.82, 2.24) is 14.9 Å². The SMILES string of the molecule is CC(C)NCCCS(=O)(=O)Nc1cnns1. The average molecular weight is 264 g/mol. The predicted octanol–water partition coefficient (Wildman–Crippen LogP) is 0.668. The summed E-state index contributed by atoms with van der Waals surface area (Å²) in [7, 11) is -3.26. The molecule has 8 heteroatoms. The topological polar surface area (TPSA) is 84.0 Å². The highest BCUT2D eigenvalue weighted by Gasteiger charge is 2.11. The third kappa shape index (κ3) is 5.38. The molecular weight excluding hydrogens is 248 g/mol. The Morgan fingerprint density at radius 1 is 1.50 bits per heavy atom. The first kappa shape index (κ1) is 13.3. The third-order valence-corrected chi connectivity index (χ3v) is 3.83. The fraction of sp³-hybridized carbons (Fsp3) is 0.750. The highest BCUT2D eigenvalue weighted by Crippen LogP contribution is 2.11. The Balaban J connectivity index is 2.30. The number of hydrogen-bond acceptors (Lipinski definition) is 6. The number of anilines is 1. The van der Waals surface area contributed by atoms with Gasteiger partial charge in [0.25, 0.3) is 0 Å². The van der Waals surface area contributed by atoms with E-state index >= 15 is 0 Å². The molecule has 0 unspecified atom stereocenters. The molecule has 0 amide bonds. The van der Waals surface area contributed by atoms with Crippen LogP contribution in [0.25, 0.3) is 0 Å². The largest absolute Gasteiger partial charge is 0.314 e. The van der Waals surface area contributed by atoms with Crippen molar-refractivity contribution in [1.29, 1.82) is 0 Å². The highest BCUT2D eigenvalue weighted by atomic mass is 32.2. The van der Waals surface area contributed by atoms with Crippen molar-refractivity contribution in [3.05, 3.63) is 6.20 Å². The van der Waals surface area contributed by atoms with E-state index in [4.69, 9.17) is 0 Å². The van der Waals surface area contributed by atoms with Crippen molar-refractivity contribution < 1.29 is 8.42 Å². The van der Waals surface area contributed by atoms with Crippen LogP contribution < -0.4 is 10.0 Å². The molecule has 1 aromatic rings. The first-order valence-electron chi connectivity index (χ1n) is 5.01. The molecule has 6 nitrogen and oxygen atoms in total. The van der Waals surface area contributed by atoms with Crippen molar-refractivity contribution in [2.24, 2.45) is 0 Å². The molecule has 1 heterocycles. The van der Waals surface area contributed by atoms with Crippen LogP contribution in [-0.2, 0) is 10.0 Å². The van der Waals surface area contributed by atoms with Crippen LogP contribution in [0.1, 0.15) is 20.3 Å². The summed E-state index contributed by atoms with van der Waals surface area (Å²) in [6.45, 7) is 4.74. The summed E-state index contributed by atoms with van der Waals surface area (Å²) >= 11 is 1.03. The van der Waals surface area contributed by atoms with Gasteiger partial charge in [-0.2, -0.15) is 0 Å². The second-order valence-corrected chi connectivity index (χ2v) is 6.29. The summed E-state index contributed by atoms with van der Waals surface area (Å²) in [6, 6.07) is 0.376. The normalized spacial score (nSPS) is 11.9. The molecule has 0 atom stereocenters. The van der Waals surface area contributed by atoms with Gasteiger partial charge in [0.05, 0.1) is 11.9 Å². The van der Waals surface area contributed by atoms with Crippen LogP contribution in [0.2, 0.25) is 0 Å². The summed E-state index contributed by atoms with van der Waals surface area (Å²) in [4.78, 5) is 0. The van der Waals surface area contributed by atoms with Crippen molar-refractivity contribution in [3.63, 3.8) is 0 Å². The number of hydrogen-bond donors (Lipinski definition) is 2. The molecule has 1 rings (SSSR count). The Kier molecular flexibility index (Phi) is 5.10. The van der Waals surface area contributed by atoms with Crippen LogP contribution in [0.15, 0.2) is 6.20 Å². The second-order valence-electron chi connectivity index (χ2n) is 3.67. The van der Waals surface area contributed by atoms with Gasteiger partial charge in [0.2, 0.25) is 10.0 Å². The van der Waals surface area contributed by atoms with Gasteiger partial charge in [0.1, 0.15) is 5.00 Å². The Morgan fingerprint density at radius 2 is 2.25 bits per heavy atom. The molecule has 0 aliphatic heterocycles. The van der Waals surface area contributed by atoms with Crippen LogP contribution in [0.5, 0.6) is 0 Å². The van der Waals surface area contributed by atoms with Gasteiger partial charge in [-0.1, -0.05) is 18.3 Å². The van der Waals surface area contributed by atoms with Crippen LogP contribution in [0, 0.1) is 0 Å². The monoisotopic (exact) mass is 264 g/mol. The van der Waals surface area contributed by atoms with E-state index in [0.717, 1.165) is 11.5 Å². The fourth-order valence-corrected chi connectivity index (χ4v) is 2.86. The molecule has 0 saturated carbocycles. The van der Waals surface area contributed by atoms with E-state index in [2.05, 4.69) is 19.6 Å². The van der Waals surface area contributed by atoms with Crippen LogP contribution in [-0.4, -0.2) is 36.3 Å². The minimum atomic E-state index is -3.26. The summed E-state index contributed by atoms with van der Waals surface area (Å²) in [6.07, 6.45) is 1.98. The predicted molar refractivity (Wildman–Crippen MR) is 65.1 cm³/mol. The van der Waals surface area contributed by atoms with Gasteiger partial charge in [-0.3, -0.25) is 4.72 Å². The van der Waals surface area contributed by atoms with Crippen molar-refractivity contribution in [3.8, 4) is 0 Å². The number of nitrogens with zero attached hydrogens (tertiary/aromatic N) is 2. The molecule has 0 spiro atoms. The van der Waals surface area contributed by atoms with Crippen LogP contribution in [0.3, 0.4) is 0 Å². The van der Waals surface area contributed by atoms with Gasteiger partial charge >= 0.3 is 0 Å². The maximum Gasteiger partial charge on any atom is 0.233 e. The lowest BCUT2D eigenvalue weighted by molar-refractivity contribution is 0.571. The van der Waals surface area contributed by atoms with Crippen molar-refractivity contribution in [2.45, 2.75) is 26.3 Å². The van der Waals surface area contributed by atoms with Gasteiger partial charge in [0.15, 0.2) is 0 Å². The standard InChI is InChI=1S/C8H16N4O2S2/c1-7(2)9-4-3-5-16(13,14)11-8-6-10-12-15-8/h6-7,9,11H,3-5H2,1-2H3. The van der Waals surface area contributed by atoms with E-state index in [1.54, 1.807) is 0 Å². The van der Waals surface area contributed by atoms with Gasteiger partial charge in [-0.15, -0.1) is 5.10 Å². The maximum atomic E-state index is 11.6. The number of aromatic nitrogens is 2. The van der Waals surface area contributed by atoms with Crippen molar-refractivity contribution in [2.75, 3.05) is 17.0 Å². The molecule has 0 aliphatic rings. The second kappa shape index (κ2) is 6.12. The van der Waals surface area contributed by atoms with Gasteiger partial charge < -0.3 is 5.32 Å². The van der Waals surface area contributed by atoms with E-state index in [0.29, 0.717) is 24.0 Å². The summed E-state index contributed by atoms with van der Waals surface area (Å²) < 4.78 is 29.1. The molecule has 92 valence electrons. The van der Waals surface area contributed by atoms with E-state index in [-0.39, 0.29) is 5.75 Å². The summed E-state index contributed by atoms with van der Waals surface area (Å²) in [5.41, 5.74) is 0. The Hall–Kier alpha value is -0.730. The van der Waals surface area contributed by atoms with Crippen LogP contribution >= 0.6 is 11.5 Å². The molecule has 0 radical (unpaired) electrons. The number of rotatable bonds is 7. The van der Waals surface area contributed by atoms with Gasteiger partial charge in [-0.05, 0) is 13.0 Å². The van der Waals surface area contributed by atoms with E-state index in [1.165, 1.54) is 6.20 Å². The highest BCUT2D eigenvalue weighted by molar-refractivity contribution is 7.92. The zero-order valence-corrected chi connectivity index (χ0v) is 10.9. The number of sulfonamides is 1. The molecule has 0 fully saturated rings. The summed E-state index contributed by atoms with van der Waals surface area (Å²) in [5.74, 6) is 0.102. The average Bonchev–Trinajstić information content (AvgIpc) is 2.64. The van der Waals surface area contributed by atoms with Crippen LogP contribution in [0.4, 0.5) is 5.00 Å². The summed E-state index contributed by atoms with van der Waals surface area (Å²) in [5, 5.41) is 7.17. The first-order valence-corrected chi connectivity index (χ1v) is 7.43. The molecule has 0 aliphatic carbocycles. The van der Waals surface area contributed by atoms with E-state index in [1.807, 2.05) is 13.8 Å². The zero-order valence-electron chi connectivity index (χ0n) is 9.30. The smallest absolute Gasteiger partial charge is 0.233 e. The molecule has 1 aromatic heterocycles. The minimum Gasteiger partial charge on any atom is -0.314 e. The van der Waals surface area contributed by atoms with E-state index < -0.39 is 10.0 Å². The Morgan fingerprint density at radius 3 is 2.81 bits per heavy atom. The molecule has 16 heavy (non-hydrogen) atoms. The lowest BCUT2D eigenvalue weighted by Crippen LogP contribution is -2.26. The van der Waals surface area contributed by atoms with Gasteiger partial charge in [-0.25, -0.2) is 8.42 Å². The lowest BCUT2D eigenvalue weighted by atomic mass is 10.4. The van der Waals surface area contributed by atoms with Crippen molar-refractivity contribution >= 4 is 26.6 Å². The molecule has 0 aromatic carbocycles. The Labute approximate surface area is 99.7 Å². The first-order chi connectivity index (χ1) is 7.49. The number of nitrogens with one attached hydrogen (secondary N) is 2. The molecule has 0 bridgehead atoms. The lowest BCUT2D eigenvalue weighted by Gasteiger charge is -2.08. The maximum absolute atomic E-state index is 11.6. The fourth-order valence-electron chi connectivity index (χ4n) is 1.07. The quantitative estimate of drug-likeness (QED) is 0.707. The van der Waals surface area contributed by atoms with Gasteiger partial charge in [0, 0.05) is 17.6 Å². The third-order valence-electron chi connectivity index (χ3n) is 1.76. The molecule has 2 N–H and O–H groups in total. The Bertz CT molecular complexity index is 388. The molecular formula is C8H16N4O2S2. The van der Waals surface area contributed by atoms with E-state index in [9.17, 15) is 8.42 Å². The zero-order chi connectivity index (χ0) is 12.0.